The van der Waals surface area contributed by atoms with Gasteiger partial charge in [-0.2, -0.15) is 5.10 Å². The first-order valence-electron chi connectivity index (χ1n) is 6.54. The summed E-state index contributed by atoms with van der Waals surface area (Å²) < 4.78 is 7.01. The number of anilines is 2. The van der Waals surface area contributed by atoms with Gasteiger partial charge in [-0.15, -0.1) is 0 Å². The van der Waals surface area contributed by atoms with Gasteiger partial charge in [-0.3, -0.25) is 9.48 Å². The quantitative estimate of drug-likeness (QED) is 0.889. The molecular formula is C14H17ClN4O2. The monoisotopic (exact) mass is 308 g/mol. The topological polar surface area (TPSA) is 82.2 Å². The van der Waals surface area contributed by atoms with Gasteiger partial charge in [0.1, 0.15) is 11.4 Å². The lowest BCUT2D eigenvalue weighted by atomic mass is 10.2. The smallest absolute Gasteiger partial charge is 0.276 e. The molecule has 0 bridgehead atoms. The summed E-state index contributed by atoms with van der Waals surface area (Å²) in [5.74, 6) is 0.200. The summed E-state index contributed by atoms with van der Waals surface area (Å²) in [7, 11) is 1.65. The van der Waals surface area contributed by atoms with Gasteiger partial charge in [-0.1, -0.05) is 18.5 Å². The summed E-state index contributed by atoms with van der Waals surface area (Å²) in [6, 6.07) is 5.07. The molecule has 0 aliphatic heterocycles. The molecule has 0 aliphatic rings. The van der Waals surface area contributed by atoms with Crippen LogP contribution < -0.4 is 15.8 Å². The molecule has 1 aromatic heterocycles. The Morgan fingerprint density at radius 1 is 1.52 bits per heavy atom. The standard InChI is InChI=1S/C14H17ClN4O2/c1-3-6-21-12-5-4-9(15)7-11(12)18-14(20)13-10(16)8-17-19(13)2/h4-5,7-8H,3,6,16H2,1-2H3,(H,18,20). The van der Waals surface area contributed by atoms with E-state index in [1.54, 1.807) is 25.2 Å². The Morgan fingerprint density at radius 3 is 2.90 bits per heavy atom. The van der Waals surface area contributed by atoms with Gasteiger partial charge < -0.3 is 15.8 Å². The van der Waals surface area contributed by atoms with Gasteiger partial charge in [-0.05, 0) is 24.6 Å². The maximum absolute atomic E-state index is 12.3. The minimum Gasteiger partial charge on any atom is -0.491 e. The van der Waals surface area contributed by atoms with Crippen LogP contribution in [0.2, 0.25) is 5.02 Å². The van der Waals surface area contributed by atoms with E-state index in [2.05, 4.69) is 10.4 Å². The number of aryl methyl sites for hydroxylation is 1. The molecule has 0 spiro atoms. The number of nitrogens with one attached hydrogen (secondary N) is 1. The van der Waals surface area contributed by atoms with Crippen molar-refractivity contribution in [2.24, 2.45) is 7.05 Å². The molecule has 3 N–H and O–H groups in total. The van der Waals surface area contributed by atoms with Gasteiger partial charge in [0, 0.05) is 12.1 Å². The first kappa shape index (κ1) is 15.2. The van der Waals surface area contributed by atoms with Crippen molar-refractivity contribution in [3.05, 3.63) is 35.1 Å². The molecule has 1 amide bonds. The highest BCUT2D eigenvalue weighted by molar-refractivity contribution is 6.31. The van der Waals surface area contributed by atoms with Crippen LogP contribution in [-0.2, 0) is 7.05 Å². The highest BCUT2D eigenvalue weighted by Gasteiger charge is 2.17. The fraction of sp³-hybridized carbons (Fsp3) is 0.286. The molecule has 0 aliphatic carbocycles. The average Bonchev–Trinajstić information content (AvgIpc) is 2.77. The predicted molar refractivity (Wildman–Crippen MR) is 82.8 cm³/mol. The van der Waals surface area contributed by atoms with Crippen molar-refractivity contribution in [3.63, 3.8) is 0 Å². The number of aromatic nitrogens is 2. The van der Waals surface area contributed by atoms with Crippen LogP contribution in [0.3, 0.4) is 0 Å². The molecule has 7 heteroatoms. The molecule has 0 saturated heterocycles. The summed E-state index contributed by atoms with van der Waals surface area (Å²) >= 11 is 5.97. The van der Waals surface area contributed by atoms with E-state index in [-0.39, 0.29) is 11.6 Å². The number of ether oxygens (including phenoxy) is 1. The average molecular weight is 309 g/mol. The lowest BCUT2D eigenvalue weighted by Gasteiger charge is -2.13. The molecule has 0 fully saturated rings. The van der Waals surface area contributed by atoms with E-state index in [0.29, 0.717) is 28.8 Å². The van der Waals surface area contributed by atoms with Crippen LogP contribution >= 0.6 is 11.6 Å². The SMILES string of the molecule is CCCOc1ccc(Cl)cc1NC(=O)c1c(N)cnn1C. The van der Waals surface area contributed by atoms with Crippen molar-refractivity contribution in [1.82, 2.24) is 9.78 Å². The fourth-order valence-corrected chi connectivity index (χ4v) is 2.02. The largest absolute Gasteiger partial charge is 0.491 e. The van der Waals surface area contributed by atoms with Crippen LogP contribution in [0, 0.1) is 0 Å². The number of nitrogens with two attached hydrogens (primary N) is 1. The number of benzene rings is 1. The first-order valence-corrected chi connectivity index (χ1v) is 6.92. The van der Waals surface area contributed by atoms with Crippen molar-refractivity contribution < 1.29 is 9.53 Å². The zero-order chi connectivity index (χ0) is 15.4. The Morgan fingerprint density at radius 2 is 2.29 bits per heavy atom. The summed E-state index contributed by atoms with van der Waals surface area (Å²) in [5, 5.41) is 7.20. The van der Waals surface area contributed by atoms with Crippen LogP contribution in [0.1, 0.15) is 23.8 Å². The normalized spacial score (nSPS) is 10.4. The molecule has 0 unspecified atom stereocenters. The van der Waals surface area contributed by atoms with Gasteiger partial charge in [0.05, 0.1) is 24.2 Å². The predicted octanol–water partition coefficient (Wildman–Crippen LogP) is 2.70. The van der Waals surface area contributed by atoms with Crippen molar-refractivity contribution in [2.75, 3.05) is 17.7 Å². The third-order valence-electron chi connectivity index (χ3n) is 2.83. The van der Waals surface area contributed by atoms with Crippen LogP contribution in [0.4, 0.5) is 11.4 Å². The highest BCUT2D eigenvalue weighted by atomic mass is 35.5. The third-order valence-corrected chi connectivity index (χ3v) is 3.07. The van der Waals surface area contributed by atoms with E-state index in [1.165, 1.54) is 10.9 Å². The molecule has 0 atom stereocenters. The highest BCUT2D eigenvalue weighted by Crippen LogP contribution is 2.29. The minimum atomic E-state index is -0.365. The number of rotatable bonds is 5. The summed E-state index contributed by atoms with van der Waals surface area (Å²) in [6.07, 6.45) is 2.30. The second kappa shape index (κ2) is 6.49. The molecule has 6 nitrogen and oxygen atoms in total. The Balaban J connectivity index is 2.26. The van der Waals surface area contributed by atoms with Crippen molar-refractivity contribution >= 4 is 28.9 Å². The third kappa shape index (κ3) is 3.46. The van der Waals surface area contributed by atoms with Gasteiger partial charge >= 0.3 is 0 Å². The summed E-state index contributed by atoms with van der Waals surface area (Å²) in [5.41, 5.74) is 6.85. The lowest BCUT2D eigenvalue weighted by molar-refractivity contribution is 0.101. The number of nitrogens with zero attached hydrogens (tertiary/aromatic N) is 2. The first-order chi connectivity index (χ1) is 10.0. The van der Waals surface area contributed by atoms with E-state index in [4.69, 9.17) is 22.1 Å². The van der Waals surface area contributed by atoms with E-state index >= 15 is 0 Å². The van der Waals surface area contributed by atoms with Gasteiger partial charge in [-0.25, -0.2) is 0 Å². The molecule has 0 saturated carbocycles. The molecule has 112 valence electrons. The number of hydrogen-bond donors (Lipinski definition) is 2. The van der Waals surface area contributed by atoms with Crippen LogP contribution in [0.15, 0.2) is 24.4 Å². The number of amides is 1. The van der Waals surface area contributed by atoms with E-state index in [0.717, 1.165) is 6.42 Å². The molecule has 2 rings (SSSR count). The molecule has 1 aromatic carbocycles. The van der Waals surface area contributed by atoms with Crippen LogP contribution in [-0.4, -0.2) is 22.3 Å². The van der Waals surface area contributed by atoms with Crippen molar-refractivity contribution in [2.45, 2.75) is 13.3 Å². The number of carbonyl (C=O) groups is 1. The van der Waals surface area contributed by atoms with Crippen LogP contribution in [0.5, 0.6) is 5.75 Å². The molecule has 1 heterocycles. The zero-order valence-corrected chi connectivity index (χ0v) is 12.6. The summed E-state index contributed by atoms with van der Waals surface area (Å²) in [6.45, 7) is 2.56. The van der Waals surface area contributed by atoms with Gasteiger partial charge in [0.25, 0.3) is 5.91 Å². The Kier molecular flexibility index (Phi) is 4.70. The van der Waals surface area contributed by atoms with E-state index < -0.39 is 0 Å². The van der Waals surface area contributed by atoms with Crippen LogP contribution in [0.25, 0.3) is 0 Å². The molecule has 21 heavy (non-hydrogen) atoms. The molecule has 2 aromatic rings. The van der Waals surface area contributed by atoms with Gasteiger partial charge in [0.2, 0.25) is 0 Å². The summed E-state index contributed by atoms with van der Waals surface area (Å²) in [4.78, 5) is 12.3. The van der Waals surface area contributed by atoms with E-state index in [1.807, 2.05) is 6.92 Å². The zero-order valence-electron chi connectivity index (χ0n) is 11.9. The molecule has 0 radical (unpaired) electrons. The Labute approximate surface area is 127 Å². The minimum absolute atomic E-state index is 0.288. The maximum Gasteiger partial charge on any atom is 0.276 e. The number of hydrogen-bond acceptors (Lipinski definition) is 4. The lowest BCUT2D eigenvalue weighted by Crippen LogP contribution is -2.18. The van der Waals surface area contributed by atoms with Gasteiger partial charge in [0.15, 0.2) is 0 Å². The van der Waals surface area contributed by atoms with Crippen molar-refractivity contribution in [1.29, 1.82) is 0 Å². The molecular weight excluding hydrogens is 292 g/mol. The van der Waals surface area contributed by atoms with E-state index in [9.17, 15) is 4.79 Å². The number of halogens is 1. The number of nitrogen functional groups attached to an aromatic ring is 1. The number of carbonyl (C=O) groups excluding carboxylic acids is 1. The maximum atomic E-state index is 12.3. The second-order valence-electron chi connectivity index (χ2n) is 4.52. The fourth-order valence-electron chi connectivity index (χ4n) is 1.85. The van der Waals surface area contributed by atoms with Crippen molar-refractivity contribution in [3.8, 4) is 5.75 Å². The second-order valence-corrected chi connectivity index (χ2v) is 4.95. The Bertz CT molecular complexity index is 635. The Hall–Kier alpha value is -2.21.